The molecule has 104 valence electrons. The van der Waals surface area contributed by atoms with Crippen molar-refractivity contribution >= 4 is 26.7 Å². The fraction of sp³-hybridized carbons (Fsp3) is 0.500. The third-order valence-electron chi connectivity index (χ3n) is 2.39. The number of ether oxygens (including phenoxy) is 1. The second-order valence-electron chi connectivity index (χ2n) is 4.02. The first kappa shape index (κ1) is 13.7. The van der Waals surface area contributed by atoms with Gasteiger partial charge in [-0.25, -0.2) is 18.4 Å². The number of hydrogen-bond donors (Lipinski definition) is 2. The molecule has 0 aliphatic heterocycles. The largest absolute Gasteiger partial charge is 0.379 e. The minimum Gasteiger partial charge on any atom is -0.379 e. The fourth-order valence-corrected chi connectivity index (χ4v) is 1.88. The number of nitrogens with one attached hydrogen (secondary N) is 2. The molecular weight excluding hydrogens is 270 g/mol. The zero-order chi connectivity index (χ0) is 13.7. The molecule has 0 aromatic carbocycles. The van der Waals surface area contributed by atoms with Crippen molar-refractivity contribution in [1.82, 2.24) is 20.2 Å². The molecule has 0 fully saturated rings. The monoisotopic (exact) mass is 285 g/mol. The highest BCUT2D eigenvalue weighted by Gasteiger charge is 2.04. The highest BCUT2D eigenvalue weighted by atomic mass is 32.2. The molecule has 2 rings (SSSR count). The van der Waals surface area contributed by atoms with Gasteiger partial charge in [-0.15, -0.1) is 0 Å². The number of hydrogen-bond acceptors (Lipinski definition) is 7. The summed E-state index contributed by atoms with van der Waals surface area (Å²) in [6, 6.07) is 0. The van der Waals surface area contributed by atoms with E-state index in [4.69, 9.17) is 4.74 Å². The SMILES string of the molecule is CS(=O)(=O)CCOCCNc1ncnc2[nH]ncc12. The molecule has 0 radical (unpaired) electrons. The number of H-pyrrole nitrogens is 1. The van der Waals surface area contributed by atoms with Crippen molar-refractivity contribution in [3.63, 3.8) is 0 Å². The van der Waals surface area contributed by atoms with E-state index < -0.39 is 9.84 Å². The van der Waals surface area contributed by atoms with Crippen molar-refractivity contribution in [3.8, 4) is 0 Å². The molecule has 19 heavy (non-hydrogen) atoms. The number of fused-ring (bicyclic) bond motifs is 1. The van der Waals surface area contributed by atoms with Crippen LogP contribution in [0.2, 0.25) is 0 Å². The van der Waals surface area contributed by atoms with Crippen LogP contribution in [0.5, 0.6) is 0 Å². The zero-order valence-electron chi connectivity index (χ0n) is 10.5. The van der Waals surface area contributed by atoms with Crippen LogP contribution in [0.15, 0.2) is 12.5 Å². The quantitative estimate of drug-likeness (QED) is 0.679. The van der Waals surface area contributed by atoms with Gasteiger partial charge in [0.15, 0.2) is 5.65 Å². The van der Waals surface area contributed by atoms with Crippen molar-refractivity contribution in [3.05, 3.63) is 12.5 Å². The van der Waals surface area contributed by atoms with E-state index in [-0.39, 0.29) is 12.4 Å². The highest BCUT2D eigenvalue weighted by Crippen LogP contribution is 2.15. The van der Waals surface area contributed by atoms with Gasteiger partial charge in [-0.3, -0.25) is 5.10 Å². The average molecular weight is 285 g/mol. The molecule has 2 aromatic rings. The normalized spacial score (nSPS) is 11.8. The summed E-state index contributed by atoms with van der Waals surface area (Å²) in [5.41, 5.74) is 0.662. The van der Waals surface area contributed by atoms with Crippen molar-refractivity contribution in [2.45, 2.75) is 0 Å². The molecule has 2 heterocycles. The molecule has 0 unspecified atom stereocenters. The highest BCUT2D eigenvalue weighted by molar-refractivity contribution is 7.90. The van der Waals surface area contributed by atoms with E-state index in [2.05, 4.69) is 25.5 Å². The molecule has 0 amide bonds. The lowest BCUT2D eigenvalue weighted by Crippen LogP contribution is -2.15. The van der Waals surface area contributed by atoms with Crippen LogP contribution in [-0.4, -0.2) is 60.4 Å². The zero-order valence-corrected chi connectivity index (χ0v) is 11.3. The van der Waals surface area contributed by atoms with Crippen LogP contribution in [0.4, 0.5) is 5.82 Å². The Kier molecular flexibility index (Phi) is 4.27. The van der Waals surface area contributed by atoms with Gasteiger partial charge < -0.3 is 10.1 Å². The van der Waals surface area contributed by atoms with Crippen LogP contribution < -0.4 is 5.32 Å². The predicted molar refractivity (Wildman–Crippen MR) is 70.7 cm³/mol. The molecule has 8 nitrogen and oxygen atoms in total. The van der Waals surface area contributed by atoms with E-state index in [9.17, 15) is 8.42 Å². The Morgan fingerprint density at radius 3 is 3.00 bits per heavy atom. The van der Waals surface area contributed by atoms with Gasteiger partial charge in [0.2, 0.25) is 0 Å². The van der Waals surface area contributed by atoms with Crippen LogP contribution >= 0.6 is 0 Å². The van der Waals surface area contributed by atoms with Crippen molar-refractivity contribution in [2.24, 2.45) is 0 Å². The molecule has 0 spiro atoms. The van der Waals surface area contributed by atoms with Crippen LogP contribution in [-0.2, 0) is 14.6 Å². The molecule has 0 aliphatic rings. The van der Waals surface area contributed by atoms with E-state index in [0.29, 0.717) is 24.6 Å². The summed E-state index contributed by atoms with van der Waals surface area (Å²) in [6.45, 7) is 1.13. The Labute approximate surface area is 110 Å². The third kappa shape index (κ3) is 4.14. The fourth-order valence-electron chi connectivity index (χ4n) is 1.46. The summed E-state index contributed by atoms with van der Waals surface area (Å²) < 4.78 is 27.0. The van der Waals surface area contributed by atoms with Gasteiger partial charge in [0.05, 0.1) is 30.5 Å². The second kappa shape index (κ2) is 5.93. The summed E-state index contributed by atoms with van der Waals surface area (Å²) in [6.07, 6.45) is 4.26. The molecule has 0 atom stereocenters. The molecular formula is C10H15N5O3S. The van der Waals surface area contributed by atoms with E-state index in [0.717, 1.165) is 5.39 Å². The predicted octanol–water partition coefficient (Wildman–Crippen LogP) is -0.174. The molecule has 0 aliphatic carbocycles. The summed E-state index contributed by atoms with van der Waals surface area (Å²) >= 11 is 0. The molecule has 0 bridgehead atoms. The number of anilines is 1. The molecule has 2 aromatic heterocycles. The minimum atomic E-state index is -2.96. The number of aromatic amines is 1. The molecule has 2 N–H and O–H groups in total. The Balaban J connectivity index is 1.76. The number of rotatable bonds is 7. The smallest absolute Gasteiger partial charge is 0.160 e. The average Bonchev–Trinajstić information content (AvgIpc) is 2.81. The number of nitrogens with zero attached hydrogens (tertiary/aromatic N) is 3. The lowest BCUT2D eigenvalue weighted by Gasteiger charge is -2.06. The van der Waals surface area contributed by atoms with Gasteiger partial charge in [-0.05, 0) is 0 Å². The van der Waals surface area contributed by atoms with Crippen LogP contribution in [0.1, 0.15) is 0 Å². The first-order valence-corrected chi connectivity index (χ1v) is 7.76. The Hall–Kier alpha value is -1.74. The van der Waals surface area contributed by atoms with Crippen molar-refractivity contribution in [2.75, 3.05) is 37.1 Å². The number of sulfone groups is 1. The van der Waals surface area contributed by atoms with Crippen molar-refractivity contribution < 1.29 is 13.2 Å². The summed E-state index contributed by atoms with van der Waals surface area (Å²) in [5, 5.41) is 10.5. The molecule has 0 saturated carbocycles. The van der Waals surface area contributed by atoms with E-state index in [1.54, 1.807) is 6.20 Å². The molecule has 9 heteroatoms. The van der Waals surface area contributed by atoms with Crippen molar-refractivity contribution in [1.29, 1.82) is 0 Å². The second-order valence-corrected chi connectivity index (χ2v) is 6.28. The molecule has 0 saturated heterocycles. The maximum atomic E-state index is 10.9. The Bertz CT molecular complexity index is 639. The lowest BCUT2D eigenvalue weighted by molar-refractivity contribution is 0.159. The van der Waals surface area contributed by atoms with Gasteiger partial charge in [0, 0.05) is 12.8 Å². The Morgan fingerprint density at radius 1 is 1.37 bits per heavy atom. The van der Waals surface area contributed by atoms with Gasteiger partial charge in [-0.1, -0.05) is 0 Å². The van der Waals surface area contributed by atoms with Crippen LogP contribution in [0.3, 0.4) is 0 Å². The topological polar surface area (TPSA) is 110 Å². The van der Waals surface area contributed by atoms with Gasteiger partial charge in [0.1, 0.15) is 22.0 Å². The van der Waals surface area contributed by atoms with Gasteiger partial charge >= 0.3 is 0 Å². The summed E-state index contributed by atoms with van der Waals surface area (Å²) in [5.74, 6) is 0.706. The lowest BCUT2D eigenvalue weighted by atomic mass is 10.4. The summed E-state index contributed by atoms with van der Waals surface area (Å²) in [4.78, 5) is 8.12. The first-order valence-electron chi connectivity index (χ1n) is 5.70. The van der Waals surface area contributed by atoms with E-state index in [1.807, 2.05) is 0 Å². The standard InChI is InChI=1S/C10H15N5O3S/c1-19(16,17)5-4-18-3-2-11-9-8-6-14-15-10(8)13-7-12-9/h6-7H,2-5H2,1H3,(H2,11,12,13,14,15). The van der Waals surface area contributed by atoms with E-state index >= 15 is 0 Å². The maximum absolute atomic E-state index is 10.9. The first-order chi connectivity index (χ1) is 9.06. The van der Waals surface area contributed by atoms with Gasteiger partial charge in [-0.2, -0.15) is 5.10 Å². The summed E-state index contributed by atoms with van der Waals surface area (Å²) in [7, 11) is -2.96. The van der Waals surface area contributed by atoms with Gasteiger partial charge in [0.25, 0.3) is 0 Å². The van der Waals surface area contributed by atoms with E-state index in [1.165, 1.54) is 12.6 Å². The maximum Gasteiger partial charge on any atom is 0.160 e. The third-order valence-corrected chi connectivity index (χ3v) is 3.29. The van der Waals surface area contributed by atoms with Crippen LogP contribution in [0.25, 0.3) is 11.0 Å². The Morgan fingerprint density at radius 2 is 2.21 bits per heavy atom. The number of aromatic nitrogens is 4. The minimum absolute atomic E-state index is 0.0342. The van der Waals surface area contributed by atoms with Crippen LogP contribution in [0, 0.1) is 0 Å².